The van der Waals surface area contributed by atoms with Crippen LogP contribution in [0, 0.1) is 0 Å². The standard InChI is InChI=1S/C35H39N7O4S/c1-40(2)30(43)13-15-42-14-7-9-23(19-42)38-34(44)24-18-37-33(36)31-25(20-47-32(24)31)21-11-12-26(29(17-21)46-4)39-35(45)28-16-22-8-5-6-10-27(22)41(28)3/h5-6,8,10-12,16-18,20,23H,7,9,13-15,19H2,1-4H3,(H2,36,37)(H,38,44)(H,39,45). The van der Waals surface area contributed by atoms with Crippen LogP contribution in [0.15, 0.2) is 60.1 Å². The van der Waals surface area contributed by atoms with Crippen molar-refractivity contribution in [2.75, 3.05) is 51.9 Å². The largest absolute Gasteiger partial charge is 0.495 e. The van der Waals surface area contributed by atoms with Crippen LogP contribution in [-0.4, -0.2) is 84.0 Å². The van der Waals surface area contributed by atoms with E-state index in [1.165, 1.54) is 17.5 Å². The number of carbonyl (C=O) groups is 3. The Bertz CT molecular complexity index is 1980. The third kappa shape index (κ3) is 6.51. The molecule has 1 aliphatic rings. The molecule has 6 rings (SSSR count). The van der Waals surface area contributed by atoms with Crippen molar-refractivity contribution in [2.45, 2.75) is 25.3 Å². The number of carbonyl (C=O) groups excluding carboxylic acids is 3. The zero-order valence-electron chi connectivity index (χ0n) is 27.0. The lowest BCUT2D eigenvalue weighted by molar-refractivity contribution is -0.129. The molecule has 1 fully saturated rings. The Morgan fingerprint density at radius 3 is 2.70 bits per heavy atom. The van der Waals surface area contributed by atoms with Crippen molar-refractivity contribution >= 4 is 61.6 Å². The SMILES string of the molecule is COc1cc(-c2csc3c(C(=O)NC4CCCN(CCC(=O)N(C)C)C4)cnc(N)c23)ccc1NC(=O)c1cc2ccccc2n1C. The molecule has 1 atom stereocenters. The molecule has 2 aromatic carbocycles. The fourth-order valence-corrected chi connectivity index (χ4v) is 7.31. The summed E-state index contributed by atoms with van der Waals surface area (Å²) in [6.07, 6.45) is 3.81. The number of para-hydroxylation sites is 1. The number of hydrogen-bond acceptors (Lipinski definition) is 8. The van der Waals surface area contributed by atoms with Crippen molar-refractivity contribution in [2.24, 2.45) is 7.05 Å². The molecule has 5 aromatic rings. The highest BCUT2D eigenvalue weighted by Gasteiger charge is 2.25. The Labute approximate surface area is 277 Å². The van der Waals surface area contributed by atoms with Gasteiger partial charge in [0.05, 0.1) is 23.1 Å². The maximum absolute atomic E-state index is 13.6. The molecule has 4 heterocycles. The van der Waals surface area contributed by atoms with E-state index in [2.05, 4.69) is 20.5 Å². The van der Waals surface area contributed by atoms with Crippen LogP contribution in [-0.2, 0) is 11.8 Å². The number of benzene rings is 2. The Kier molecular flexibility index (Phi) is 9.15. The van der Waals surface area contributed by atoms with E-state index in [0.29, 0.717) is 53.4 Å². The van der Waals surface area contributed by atoms with E-state index in [9.17, 15) is 14.4 Å². The number of anilines is 2. The summed E-state index contributed by atoms with van der Waals surface area (Å²) in [5.74, 6) is 0.467. The zero-order chi connectivity index (χ0) is 33.2. The number of nitrogen functional groups attached to an aromatic ring is 1. The molecular weight excluding hydrogens is 614 g/mol. The molecule has 0 bridgehead atoms. The number of amides is 3. The summed E-state index contributed by atoms with van der Waals surface area (Å²) >= 11 is 1.44. The van der Waals surface area contributed by atoms with E-state index < -0.39 is 0 Å². The average Bonchev–Trinajstić information content (AvgIpc) is 3.66. The summed E-state index contributed by atoms with van der Waals surface area (Å²) < 4.78 is 8.31. The topological polar surface area (TPSA) is 135 Å². The van der Waals surface area contributed by atoms with E-state index in [1.54, 1.807) is 32.2 Å². The number of thiophene rings is 1. The number of aromatic nitrogens is 2. The number of aryl methyl sites for hydroxylation is 1. The first kappa shape index (κ1) is 32.0. The third-order valence-electron chi connectivity index (χ3n) is 8.80. The van der Waals surface area contributed by atoms with Gasteiger partial charge in [0.2, 0.25) is 5.91 Å². The van der Waals surface area contributed by atoms with E-state index in [0.717, 1.165) is 46.1 Å². The van der Waals surface area contributed by atoms with Gasteiger partial charge in [-0.25, -0.2) is 4.98 Å². The summed E-state index contributed by atoms with van der Waals surface area (Å²) in [7, 11) is 6.95. The summed E-state index contributed by atoms with van der Waals surface area (Å²) in [6, 6.07) is 15.2. The number of pyridine rings is 1. The Hall–Kier alpha value is -4.94. The van der Waals surface area contributed by atoms with Gasteiger partial charge in [-0.15, -0.1) is 11.3 Å². The Morgan fingerprint density at radius 1 is 1.13 bits per heavy atom. The maximum Gasteiger partial charge on any atom is 0.272 e. The van der Waals surface area contributed by atoms with Crippen LogP contribution < -0.4 is 21.1 Å². The number of nitrogens with one attached hydrogen (secondary N) is 2. The number of fused-ring (bicyclic) bond motifs is 2. The minimum atomic E-state index is -0.247. The molecule has 244 valence electrons. The Morgan fingerprint density at radius 2 is 1.94 bits per heavy atom. The van der Waals surface area contributed by atoms with E-state index in [4.69, 9.17) is 10.5 Å². The van der Waals surface area contributed by atoms with Crippen LogP contribution in [0.5, 0.6) is 5.75 Å². The lowest BCUT2D eigenvalue weighted by Crippen LogP contribution is -2.48. The van der Waals surface area contributed by atoms with Gasteiger partial charge in [-0.3, -0.25) is 14.4 Å². The van der Waals surface area contributed by atoms with Gasteiger partial charge in [-0.05, 0) is 54.6 Å². The molecule has 1 saturated heterocycles. The first-order valence-corrected chi connectivity index (χ1v) is 16.5. The smallest absolute Gasteiger partial charge is 0.272 e. The minimum Gasteiger partial charge on any atom is -0.495 e. The number of nitrogens with two attached hydrogens (primary N) is 1. The lowest BCUT2D eigenvalue weighted by Gasteiger charge is -2.33. The van der Waals surface area contributed by atoms with Crippen molar-refractivity contribution in [3.8, 4) is 16.9 Å². The monoisotopic (exact) mass is 653 g/mol. The molecule has 0 radical (unpaired) electrons. The molecule has 0 saturated carbocycles. The molecule has 1 unspecified atom stereocenters. The summed E-state index contributed by atoms with van der Waals surface area (Å²) in [6.45, 7) is 2.27. The van der Waals surface area contributed by atoms with Gasteiger partial charge >= 0.3 is 0 Å². The van der Waals surface area contributed by atoms with Gasteiger partial charge in [0.1, 0.15) is 17.3 Å². The van der Waals surface area contributed by atoms with Gasteiger partial charge < -0.3 is 35.5 Å². The molecule has 0 spiro atoms. The minimum absolute atomic E-state index is 0.0290. The van der Waals surface area contributed by atoms with Gasteiger partial charge in [-0.1, -0.05) is 24.3 Å². The average molecular weight is 654 g/mol. The number of methoxy groups -OCH3 is 1. The van der Waals surface area contributed by atoms with Crippen molar-refractivity contribution in [3.63, 3.8) is 0 Å². The van der Waals surface area contributed by atoms with Gasteiger partial charge in [0.15, 0.2) is 0 Å². The molecule has 1 aliphatic heterocycles. The molecule has 47 heavy (non-hydrogen) atoms. The lowest BCUT2D eigenvalue weighted by atomic mass is 10.0. The van der Waals surface area contributed by atoms with Crippen LogP contribution in [0.25, 0.3) is 32.1 Å². The molecule has 3 amide bonds. The number of rotatable bonds is 9. The van der Waals surface area contributed by atoms with E-state index in [1.807, 2.05) is 59.5 Å². The molecule has 12 heteroatoms. The summed E-state index contributed by atoms with van der Waals surface area (Å²) in [4.78, 5) is 47.2. The van der Waals surface area contributed by atoms with Gasteiger partial charge in [-0.2, -0.15) is 0 Å². The van der Waals surface area contributed by atoms with Crippen molar-refractivity contribution in [1.29, 1.82) is 0 Å². The van der Waals surface area contributed by atoms with Crippen LogP contribution in [0.2, 0.25) is 0 Å². The second-order valence-electron chi connectivity index (χ2n) is 12.1. The van der Waals surface area contributed by atoms with Gasteiger partial charge in [0.25, 0.3) is 11.8 Å². The number of nitrogens with zero attached hydrogens (tertiary/aromatic N) is 4. The van der Waals surface area contributed by atoms with Crippen molar-refractivity contribution in [3.05, 3.63) is 71.4 Å². The normalized spacial score (nSPS) is 15.1. The Balaban J connectivity index is 1.20. The van der Waals surface area contributed by atoms with Crippen molar-refractivity contribution in [1.82, 2.24) is 24.7 Å². The molecule has 0 aliphatic carbocycles. The number of ether oxygens (including phenoxy) is 1. The van der Waals surface area contributed by atoms with Crippen LogP contribution in [0.3, 0.4) is 0 Å². The zero-order valence-corrected chi connectivity index (χ0v) is 27.8. The van der Waals surface area contributed by atoms with Crippen LogP contribution in [0.1, 0.15) is 40.1 Å². The fraction of sp³-hybridized carbons (Fsp3) is 0.314. The van der Waals surface area contributed by atoms with Gasteiger partial charge in [0, 0.05) is 74.7 Å². The molecule has 3 aromatic heterocycles. The molecular formula is C35H39N7O4S. The predicted octanol–water partition coefficient (Wildman–Crippen LogP) is 4.97. The molecule has 11 nitrogen and oxygen atoms in total. The quantitative estimate of drug-likeness (QED) is 0.205. The summed E-state index contributed by atoms with van der Waals surface area (Å²) in [5, 5.41) is 9.83. The first-order valence-electron chi connectivity index (χ1n) is 15.6. The van der Waals surface area contributed by atoms with E-state index >= 15 is 0 Å². The molecule has 4 N–H and O–H groups in total. The highest BCUT2D eigenvalue weighted by Crippen LogP contribution is 2.41. The fourth-order valence-electron chi connectivity index (χ4n) is 6.21. The highest BCUT2D eigenvalue weighted by atomic mass is 32.1. The maximum atomic E-state index is 13.6. The highest BCUT2D eigenvalue weighted by molar-refractivity contribution is 7.18. The summed E-state index contributed by atoms with van der Waals surface area (Å²) in [5.41, 5.74) is 10.5. The number of piperidine rings is 1. The van der Waals surface area contributed by atoms with E-state index in [-0.39, 0.29) is 23.8 Å². The first-order chi connectivity index (χ1) is 22.6. The second kappa shape index (κ2) is 13.4. The second-order valence-corrected chi connectivity index (χ2v) is 13.0. The third-order valence-corrected chi connectivity index (χ3v) is 9.81. The number of hydrogen-bond donors (Lipinski definition) is 3. The predicted molar refractivity (Wildman–Crippen MR) is 187 cm³/mol. The van der Waals surface area contributed by atoms with Crippen LogP contribution >= 0.6 is 11.3 Å². The number of likely N-dealkylation sites (tertiary alicyclic amines) is 1. The van der Waals surface area contributed by atoms with Crippen molar-refractivity contribution < 1.29 is 19.1 Å². The van der Waals surface area contributed by atoms with Crippen LogP contribution in [0.4, 0.5) is 11.5 Å².